The van der Waals surface area contributed by atoms with Crippen LogP contribution in [0, 0.1) is 0 Å². The van der Waals surface area contributed by atoms with E-state index < -0.39 is 0 Å². The number of nitrogens with zero attached hydrogens (tertiary/aromatic N) is 3. The van der Waals surface area contributed by atoms with E-state index in [0.29, 0.717) is 18.8 Å². The van der Waals surface area contributed by atoms with Crippen molar-refractivity contribution in [3.8, 4) is 5.69 Å². The third kappa shape index (κ3) is 4.24. The van der Waals surface area contributed by atoms with Gasteiger partial charge in [0.05, 0.1) is 11.8 Å². The van der Waals surface area contributed by atoms with Gasteiger partial charge in [0.25, 0.3) is 5.91 Å². The minimum Gasteiger partial charge on any atom is -0.378 e. The van der Waals surface area contributed by atoms with Crippen LogP contribution in [0.3, 0.4) is 0 Å². The van der Waals surface area contributed by atoms with Crippen molar-refractivity contribution in [3.63, 3.8) is 0 Å². The highest BCUT2D eigenvalue weighted by Gasteiger charge is 2.31. The SMILES string of the molecule is Cl.NCCCOC1CCN(C(=O)c2nn(-c3ccccc3)c3c2CCC3)CC1. The molecule has 0 unspecified atom stereocenters. The molecule has 1 aliphatic heterocycles. The van der Waals surface area contributed by atoms with Gasteiger partial charge < -0.3 is 15.4 Å². The molecule has 0 spiro atoms. The summed E-state index contributed by atoms with van der Waals surface area (Å²) in [7, 11) is 0. The van der Waals surface area contributed by atoms with E-state index >= 15 is 0 Å². The summed E-state index contributed by atoms with van der Waals surface area (Å²) in [4.78, 5) is 15.1. The van der Waals surface area contributed by atoms with Crippen molar-refractivity contribution in [1.29, 1.82) is 0 Å². The monoisotopic (exact) mass is 404 g/mol. The molecule has 6 nitrogen and oxygen atoms in total. The van der Waals surface area contributed by atoms with Crippen LogP contribution in [-0.2, 0) is 17.6 Å². The lowest BCUT2D eigenvalue weighted by Crippen LogP contribution is -2.41. The molecule has 0 radical (unpaired) electrons. The van der Waals surface area contributed by atoms with Crippen molar-refractivity contribution in [3.05, 3.63) is 47.3 Å². The van der Waals surface area contributed by atoms with E-state index in [9.17, 15) is 4.79 Å². The topological polar surface area (TPSA) is 73.4 Å². The number of amides is 1. The Bertz CT molecular complexity index is 785. The summed E-state index contributed by atoms with van der Waals surface area (Å²) in [6, 6.07) is 10.1. The maximum atomic E-state index is 13.2. The second-order valence-electron chi connectivity index (χ2n) is 7.38. The van der Waals surface area contributed by atoms with Crippen LogP contribution in [0.5, 0.6) is 0 Å². The van der Waals surface area contributed by atoms with Gasteiger partial charge in [0.15, 0.2) is 5.69 Å². The Morgan fingerprint density at radius 3 is 2.64 bits per heavy atom. The van der Waals surface area contributed by atoms with E-state index in [1.807, 2.05) is 39.9 Å². The summed E-state index contributed by atoms with van der Waals surface area (Å²) in [5, 5.41) is 4.74. The number of piperidine rings is 1. The van der Waals surface area contributed by atoms with Gasteiger partial charge in [-0.1, -0.05) is 18.2 Å². The van der Waals surface area contributed by atoms with Gasteiger partial charge in [-0.25, -0.2) is 4.68 Å². The lowest BCUT2D eigenvalue weighted by molar-refractivity contribution is 0.00825. The van der Waals surface area contributed by atoms with Crippen LogP contribution in [-0.4, -0.2) is 52.9 Å². The van der Waals surface area contributed by atoms with Gasteiger partial charge in [-0.15, -0.1) is 12.4 Å². The van der Waals surface area contributed by atoms with Gasteiger partial charge in [0, 0.05) is 31.0 Å². The highest BCUT2D eigenvalue weighted by atomic mass is 35.5. The number of ether oxygens (including phenoxy) is 1. The van der Waals surface area contributed by atoms with Gasteiger partial charge in [0.1, 0.15) is 0 Å². The number of benzene rings is 1. The van der Waals surface area contributed by atoms with Crippen LogP contribution >= 0.6 is 12.4 Å². The molecule has 1 fully saturated rings. The number of para-hydroxylation sites is 1. The molecule has 1 aliphatic carbocycles. The average Bonchev–Trinajstić information content (AvgIpc) is 3.32. The van der Waals surface area contributed by atoms with E-state index in [4.69, 9.17) is 15.6 Å². The number of carbonyl (C=O) groups is 1. The molecule has 2 N–H and O–H groups in total. The van der Waals surface area contributed by atoms with Crippen LogP contribution in [0.1, 0.15) is 47.4 Å². The number of carbonyl (C=O) groups excluding carboxylic acids is 1. The fourth-order valence-corrected chi connectivity index (χ4v) is 4.10. The number of halogens is 1. The quantitative estimate of drug-likeness (QED) is 0.751. The summed E-state index contributed by atoms with van der Waals surface area (Å²) >= 11 is 0. The van der Waals surface area contributed by atoms with Crippen LogP contribution in [0.2, 0.25) is 0 Å². The number of rotatable bonds is 6. The molecule has 2 heterocycles. The first-order valence-corrected chi connectivity index (χ1v) is 10.0. The highest BCUT2D eigenvalue weighted by molar-refractivity contribution is 5.94. The van der Waals surface area contributed by atoms with E-state index in [0.717, 1.165) is 62.9 Å². The Morgan fingerprint density at radius 1 is 1.18 bits per heavy atom. The Morgan fingerprint density at radius 2 is 1.93 bits per heavy atom. The zero-order valence-electron chi connectivity index (χ0n) is 16.2. The number of fused-ring (bicyclic) bond motifs is 1. The summed E-state index contributed by atoms with van der Waals surface area (Å²) in [6.07, 6.45) is 5.94. The predicted molar refractivity (Wildman–Crippen MR) is 111 cm³/mol. The fraction of sp³-hybridized carbons (Fsp3) is 0.524. The van der Waals surface area contributed by atoms with Crippen molar-refractivity contribution in [2.24, 2.45) is 5.73 Å². The summed E-state index contributed by atoms with van der Waals surface area (Å²) in [6.45, 7) is 2.84. The second kappa shape index (κ2) is 9.54. The molecule has 0 saturated carbocycles. The maximum absolute atomic E-state index is 13.2. The van der Waals surface area contributed by atoms with Gasteiger partial charge in [-0.2, -0.15) is 5.10 Å². The van der Waals surface area contributed by atoms with Gasteiger partial charge in [-0.3, -0.25) is 4.79 Å². The zero-order valence-corrected chi connectivity index (χ0v) is 17.0. The molecule has 1 amide bonds. The Kier molecular flexibility index (Phi) is 7.10. The predicted octanol–water partition coefficient (Wildman–Crippen LogP) is 2.75. The van der Waals surface area contributed by atoms with Crippen molar-refractivity contribution in [2.45, 2.75) is 44.6 Å². The van der Waals surface area contributed by atoms with Gasteiger partial charge in [-0.05, 0) is 57.2 Å². The van der Waals surface area contributed by atoms with E-state index in [-0.39, 0.29) is 24.4 Å². The largest absolute Gasteiger partial charge is 0.378 e. The number of nitrogens with two attached hydrogens (primary N) is 1. The molecule has 1 saturated heterocycles. The Labute approximate surface area is 172 Å². The first-order valence-electron chi connectivity index (χ1n) is 10.0. The van der Waals surface area contributed by atoms with Crippen LogP contribution in [0.25, 0.3) is 5.69 Å². The minimum absolute atomic E-state index is 0. The maximum Gasteiger partial charge on any atom is 0.274 e. The van der Waals surface area contributed by atoms with Crippen LogP contribution < -0.4 is 5.73 Å². The Balaban J connectivity index is 0.00000225. The first kappa shape index (κ1) is 20.8. The molecule has 2 aromatic rings. The van der Waals surface area contributed by atoms with E-state index in [1.54, 1.807) is 0 Å². The second-order valence-corrected chi connectivity index (χ2v) is 7.38. The van der Waals surface area contributed by atoms with Crippen molar-refractivity contribution in [1.82, 2.24) is 14.7 Å². The number of hydrogen-bond donors (Lipinski definition) is 1. The molecule has 7 heteroatoms. The zero-order chi connectivity index (χ0) is 18.6. The molecule has 1 aromatic carbocycles. The van der Waals surface area contributed by atoms with Crippen molar-refractivity contribution in [2.75, 3.05) is 26.2 Å². The van der Waals surface area contributed by atoms with E-state index in [1.165, 1.54) is 5.69 Å². The third-order valence-electron chi connectivity index (χ3n) is 5.56. The summed E-state index contributed by atoms with van der Waals surface area (Å²) in [5.41, 5.74) is 9.54. The van der Waals surface area contributed by atoms with Crippen LogP contribution in [0.15, 0.2) is 30.3 Å². The molecular weight excluding hydrogens is 376 g/mol. The third-order valence-corrected chi connectivity index (χ3v) is 5.56. The standard InChI is InChI=1S/C21H28N4O2.ClH/c22-12-5-15-27-17-10-13-24(14-11-17)21(26)20-18-8-4-9-19(18)25(23-20)16-6-2-1-3-7-16;/h1-3,6-7,17H,4-5,8-15,22H2;1H. The molecule has 4 rings (SSSR count). The van der Waals surface area contributed by atoms with Crippen molar-refractivity contribution >= 4 is 18.3 Å². The van der Waals surface area contributed by atoms with Gasteiger partial charge in [0.2, 0.25) is 0 Å². The number of aromatic nitrogens is 2. The molecule has 0 atom stereocenters. The van der Waals surface area contributed by atoms with Crippen LogP contribution in [0.4, 0.5) is 0 Å². The molecule has 0 bridgehead atoms. The van der Waals surface area contributed by atoms with E-state index in [2.05, 4.69) is 0 Å². The minimum atomic E-state index is 0. The Hall–Kier alpha value is -1.89. The van der Waals surface area contributed by atoms with Crippen molar-refractivity contribution < 1.29 is 9.53 Å². The molecular formula is C21H29ClN4O2. The average molecular weight is 405 g/mol. The van der Waals surface area contributed by atoms with Gasteiger partial charge >= 0.3 is 0 Å². The molecule has 2 aliphatic rings. The molecule has 1 aromatic heterocycles. The smallest absolute Gasteiger partial charge is 0.274 e. The lowest BCUT2D eigenvalue weighted by Gasteiger charge is -2.31. The molecule has 152 valence electrons. The normalized spacial score (nSPS) is 16.7. The fourth-order valence-electron chi connectivity index (χ4n) is 4.10. The lowest BCUT2D eigenvalue weighted by atomic mass is 10.1. The summed E-state index contributed by atoms with van der Waals surface area (Å²) < 4.78 is 7.83. The highest BCUT2D eigenvalue weighted by Crippen LogP contribution is 2.29. The number of likely N-dealkylation sites (tertiary alicyclic amines) is 1. The first-order chi connectivity index (χ1) is 13.3. The number of hydrogen-bond acceptors (Lipinski definition) is 4. The summed E-state index contributed by atoms with van der Waals surface area (Å²) in [5.74, 6) is 0.0724. The molecule has 28 heavy (non-hydrogen) atoms.